The Kier molecular flexibility index (Phi) is 3.98. The SMILES string of the molecule is O=C(NC1C=CS(=O)(=O)C1)c1cc(Cl)ccc1I. The zero-order chi connectivity index (χ0) is 13.3. The molecule has 96 valence electrons. The van der Waals surface area contributed by atoms with Crippen LogP contribution < -0.4 is 5.32 Å². The van der Waals surface area contributed by atoms with E-state index in [1.165, 1.54) is 6.08 Å². The van der Waals surface area contributed by atoms with Crippen molar-refractivity contribution in [1.29, 1.82) is 0 Å². The molecule has 4 nitrogen and oxygen atoms in total. The zero-order valence-electron chi connectivity index (χ0n) is 9.06. The van der Waals surface area contributed by atoms with Gasteiger partial charge in [-0.05, 0) is 46.9 Å². The van der Waals surface area contributed by atoms with E-state index < -0.39 is 15.9 Å². The molecule has 1 aromatic rings. The molecule has 0 aliphatic carbocycles. The van der Waals surface area contributed by atoms with Crippen molar-refractivity contribution in [3.63, 3.8) is 0 Å². The van der Waals surface area contributed by atoms with Crippen LogP contribution in [0.2, 0.25) is 5.02 Å². The first kappa shape index (κ1) is 13.8. The minimum Gasteiger partial charge on any atom is -0.345 e. The summed E-state index contributed by atoms with van der Waals surface area (Å²) in [5, 5.41) is 4.24. The number of nitrogens with one attached hydrogen (secondary N) is 1. The maximum Gasteiger partial charge on any atom is 0.252 e. The van der Waals surface area contributed by atoms with E-state index in [2.05, 4.69) is 5.32 Å². The number of benzene rings is 1. The third-order valence-electron chi connectivity index (χ3n) is 2.42. The quantitative estimate of drug-likeness (QED) is 0.776. The van der Waals surface area contributed by atoms with Crippen LogP contribution in [0.4, 0.5) is 0 Å². The maximum absolute atomic E-state index is 12.0. The number of hydrogen-bond donors (Lipinski definition) is 1. The topological polar surface area (TPSA) is 63.2 Å². The Bertz CT molecular complexity index is 627. The maximum atomic E-state index is 12.0. The van der Waals surface area contributed by atoms with Crippen molar-refractivity contribution < 1.29 is 13.2 Å². The molecule has 0 saturated carbocycles. The van der Waals surface area contributed by atoms with Crippen LogP contribution in [-0.4, -0.2) is 26.1 Å². The van der Waals surface area contributed by atoms with Gasteiger partial charge in [0.2, 0.25) is 0 Å². The van der Waals surface area contributed by atoms with Gasteiger partial charge in [-0.1, -0.05) is 11.6 Å². The number of sulfone groups is 1. The predicted octanol–water partition coefficient (Wildman–Crippen LogP) is 1.99. The lowest BCUT2D eigenvalue weighted by molar-refractivity contribution is 0.0947. The summed E-state index contributed by atoms with van der Waals surface area (Å²) in [7, 11) is -3.16. The van der Waals surface area contributed by atoms with Gasteiger partial charge in [-0.3, -0.25) is 4.79 Å². The Hall–Kier alpha value is -0.600. The first-order valence-electron chi connectivity index (χ1n) is 5.04. The molecule has 1 aliphatic heterocycles. The first-order chi connectivity index (χ1) is 8.37. The van der Waals surface area contributed by atoms with Crippen molar-refractivity contribution in [2.24, 2.45) is 0 Å². The fraction of sp³-hybridized carbons (Fsp3) is 0.182. The molecule has 1 aliphatic rings. The third-order valence-corrected chi connectivity index (χ3v) is 4.99. The molecule has 1 unspecified atom stereocenters. The summed E-state index contributed by atoms with van der Waals surface area (Å²) < 4.78 is 23.2. The molecular formula is C11H9ClINO3S. The van der Waals surface area contributed by atoms with Gasteiger partial charge in [0.05, 0.1) is 17.4 Å². The summed E-state index contributed by atoms with van der Waals surface area (Å²) in [6, 6.07) is 4.52. The van der Waals surface area contributed by atoms with Gasteiger partial charge in [0.1, 0.15) is 0 Å². The highest BCUT2D eigenvalue weighted by molar-refractivity contribution is 14.1. The minimum atomic E-state index is -3.16. The monoisotopic (exact) mass is 397 g/mol. The Balaban J connectivity index is 2.14. The Morgan fingerprint density at radius 2 is 2.17 bits per heavy atom. The molecule has 1 heterocycles. The van der Waals surface area contributed by atoms with Crippen molar-refractivity contribution in [3.05, 3.63) is 43.8 Å². The van der Waals surface area contributed by atoms with Gasteiger partial charge in [-0.25, -0.2) is 8.42 Å². The normalized spacial score (nSPS) is 20.9. The molecule has 0 aromatic heterocycles. The molecule has 18 heavy (non-hydrogen) atoms. The fourth-order valence-electron chi connectivity index (χ4n) is 1.58. The van der Waals surface area contributed by atoms with Gasteiger partial charge >= 0.3 is 0 Å². The van der Waals surface area contributed by atoms with Crippen LogP contribution >= 0.6 is 34.2 Å². The smallest absolute Gasteiger partial charge is 0.252 e. The second-order valence-electron chi connectivity index (χ2n) is 3.86. The lowest BCUT2D eigenvalue weighted by atomic mass is 10.2. The largest absolute Gasteiger partial charge is 0.345 e. The molecule has 0 bridgehead atoms. The minimum absolute atomic E-state index is 0.0874. The number of carbonyl (C=O) groups excluding carboxylic acids is 1. The Morgan fingerprint density at radius 3 is 2.78 bits per heavy atom. The fourth-order valence-corrected chi connectivity index (χ4v) is 3.57. The predicted molar refractivity (Wildman–Crippen MR) is 78.4 cm³/mol. The molecular weight excluding hydrogens is 389 g/mol. The summed E-state index contributed by atoms with van der Waals surface area (Å²) >= 11 is 7.86. The van der Waals surface area contributed by atoms with Crippen molar-refractivity contribution >= 4 is 49.9 Å². The molecule has 1 amide bonds. The summed E-state index contributed by atoms with van der Waals surface area (Å²) in [5.74, 6) is -0.413. The third kappa shape index (κ3) is 3.24. The van der Waals surface area contributed by atoms with Crippen molar-refractivity contribution in [3.8, 4) is 0 Å². The summed E-state index contributed by atoms with van der Waals surface area (Å²) in [5.41, 5.74) is 0.445. The highest BCUT2D eigenvalue weighted by Gasteiger charge is 2.24. The molecule has 2 rings (SSSR count). The van der Waals surface area contributed by atoms with Crippen molar-refractivity contribution in [2.75, 3.05) is 5.75 Å². The van der Waals surface area contributed by atoms with Crippen molar-refractivity contribution in [1.82, 2.24) is 5.32 Å². The number of carbonyl (C=O) groups is 1. The molecule has 1 aromatic carbocycles. The van der Waals surface area contributed by atoms with E-state index in [9.17, 15) is 13.2 Å². The van der Waals surface area contributed by atoms with Gasteiger partial charge in [0.15, 0.2) is 9.84 Å². The van der Waals surface area contributed by atoms with E-state index in [1.54, 1.807) is 18.2 Å². The van der Waals surface area contributed by atoms with Crippen LogP contribution in [-0.2, 0) is 9.84 Å². The van der Waals surface area contributed by atoms with Crippen LogP contribution in [0.1, 0.15) is 10.4 Å². The molecule has 0 spiro atoms. The van der Waals surface area contributed by atoms with Crippen molar-refractivity contribution in [2.45, 2.75) is 6.04 Å². The highest BCUT2D eigenvalue weighted by atomic mass is 127. The number of halogens is 2. The average molecular weight is 398 g/mol. The van der Waals surface area contributed by atoms with E-state index in [-0.39, 0.29) is 11.7 Å². The number of hydrogen-bond acceptors (Lipinski definition) is 3. The highest BCUT2D eigenvalue weighted by Crippen LogP contribution is 2.18. The van der Waals surface area contributed by atoms with E-state index in [1.807, 2.05) is 22.6 Å². The van der Waals surface area contributed by atoms with Crippen LogP contribution in [0.25, 0.3) is 0 Å². The second kappa shape index (κ2) is 5.18. The number of amides is 1. The zero-order valence-corrected chi connectivity index (χ0v) is 12.8. The molecule has 1 N–H and O–H groups in total. The number of rotatable bonds is 2. The van der Waals surface area contributed by atoms with E-state index in [4.69, 9.17) is 11.6 Å². The standard InChI is InChI=1S/C11H9ClINO3S/c12-7-1-2-10(13)9(5-7)11(15)14-8-3-4-18(16,17)6-8/h1-5,8H,6H2,(H,14,15). The molecule has 0 radical (unpaired) electrons. The van der Waals surface area contributed by atoms with Crippen LogP contribution in [0.5, 0.6) is 0 Å². The van der Waals surface area contributed by atoms with Gasteiger partial charge in [0.25, 0.3) is 5.91 Å². The van der Waals surface area contributed by atoms with Gasteiger partial charge in [-0.2, -0.15) is 0 Å². The Labute approximate surface area is 123 Å². The Morgan fingerprint density at radius 1 is 1.44 bits per heavy atom. The summed E-state index contributed by atoms with van der Waals surface area (Å²) in [6.07, 6.45) is 1.48. The lowest BCUT2D eigenvalue weighted by Gasteiger charge is -2.11. The van der Waals surface area contributed by atoms with Gasteiger partial charge in [0, 0.05) is 14.0 Å². The van der Waals surface area contributed by atoms with Crippen LogP contribution in [0.15, 0.2) is 29.7 Å². The van der Waals surface area contributed by atoms with E-state index >= 15 is 0 Å². The van der Waals surface area contributed by atoms with Gasteiger partial charge in [-0.15, -0.1) is 0 Å². The summed E-state index contributed by atoms with van der Waals surface area (Å²) in [4.78, 5) is 12.0. The van der Waals surface area contributed by atoms with E-state index in [0.29, 0.717) is 10.6 Å². The van der Waals surface area contributed by atoms with E-state index in [0.717, 1.165) is 8.98 Å². The molecule has 1 atom stereocenters. The molecule has 0 fully saturated rings. The first-order valence-corrected chi connectivity index (χ1v) is 8.21. The van der Waals surface area contributed by atoms with Crippen LogP contribution in [0, 0.1) is 3.57 Å². The average Bonchev–Trinajstić information content (AvgIpc) is 2.61. The van der Waals surface area contributed by atoms with Gasteiger partial charge < -0.3 is 5.32 Å². The summed E-state index contributed by atoms with van der Waals surface area (Å²) in [6.45, 7) is 0. The second-order valence-corrected chi connectivity index (χ2v) is 7.39. The molecule has 0 saturated heterocycles. The van der Waals surface area contributed by atoms with Crippen LogP contribution in [0.3, 0.4) is 0 Å². The molecule has 7 heteroatoms. The lowest BCUT2D eigenvalue weighted by Crippen LogP contribution is -2.35.